The maximum atomic E-state index is 12.4. The number of hydrogen-bond donors (Lipinski definition) is 1. The largest absolute Gasteiger partial charge is 0.342 e. The molecule has 1 unspecified atom stereocenters. The van der Waals surface area contributed by atoms with Crippen LogP contribution in [0.4, 0.5) is 0 Å². The van der Waals surface area contributed by atoms with Crippen LogP contribution in [0.3, 0.4) is 0 Å². The van der Waals surface area contributed by atoms with Gasteiger partial charge in [0.2, 0.25) is 5.91 Å². The van der Waals surface area contributed by atoms with E-state index in [4.69, 9.17) is 5.73 Å². The molecule has 1 saturated heterocycles. The molecule has 1 fully saturated rings. The van der Waals surface area contributed by atoms with Crippen molar-refractivity contribution in [3.8, 4) is 0 Å². The highest BCUT2D eigenvalue weighted by molar-refractivity contribution is 5.79. The summed E-state index contributed by atoms with van der Waals surface area (Å²) >= 11 is 0. The normalized spacial score (nSPS) is 17.5. The van der Waals surface area contributed by atoms with Gasteiger partial charge in [-0.15, -0.1) is 0 Å². The van der Waals surface area contributed by atoms with Crippen LogP contribution in [-0.4, -0.2) is 30.4 Å². The van der Waals surface area contributed by atoms with E-state index in [-0.39, 0.29) is 11.8 Å². The lowest BCUT2D eigenvalue weighted by molar-refractivity contribution is -0.136. The highest BCUT2D eigenvalue weighted by atomic mass is 16.2. The van der Waals surface area contributed by atoms with Gasteiger partial charge in [-0.2, -0.15) is 0 Å². The first-order valence-corrected chi connectivity index (χ1v) is 6.84. The van der Waals surface area contributed by atoms with Gasteiger partial charge in [0, 0.05) is 19.6 Å². The Kier molecular flexibility index (Phi) is 4.76. The molecule has 0 spiro atoms. The number of carbonyl (C=O) groups excluding carboxylic acids is 1. The zero-order valence-corrected chi connectivity index (χ0v) is 10.8. The molecule has 1 aliphatic rings. The molecule has 1 heterocycles. The predicted octanol–water partition coefficient (Wildman–Crippen LogP) is 1.82. The third kappa shape index (κ3) is 3.33. The van der Waals surface area contributed by atoms with Gasteiger partial charge in [0.1, 0.15) is 0 Å². The van der Waals surface area contributed by atoms with Crippen molar-refractivity contribution in [1.82, 2.24) is 4.90 Å². The lowest BCUT2D eigenvalue weighted by Gasteiger charge is -2.30. The minimum atomic E-state index is -0.0644. The van der Waals surface area contributed by atoms with Crippen molar-refractivity contribution in [3.05, 3.63) is 35.9 Å². The molecule has 1 atom stereocenters. The van der Waals surface area contributed by atoms with Crippen molar-refractivity contribution in [1.29, 1.82) is 0 Å². The molecule has 0 bridgehead atoms. The van der Waals surface area contributed by atoms with Crippen LogP contribution in [0.1, 0.15) is 24.8 Å². The molecule has 0 saturated carbocycles. The van der Waals surface area contributed by atoms with Gasteiger partial charge < -0.3 is 10.6 Å². The maximum Gasteiger partial charge on any atom is 0.227 e. The summed E-state index contributed by atoms with van der Waals surface area (Å²) < 4.78 is 0. The molecule has 1 aliphatic heterocycles. The molecule has 18 heavy (non-hydrogen) atoms. The Balaban J connectivity index is 1.97. The molecular formula is C15H22N2O. The molecule has 2 N–H and O–H groups in total. The molecule has 1 amide bonds. The van der Waals surface area contributed by atoms with E-state index in [1.165, 1.54) is 12.0 Å². The van der Waals surface area contributed by atoms with Gasteiger partial charge in [0.15, 0.2) is 0 Å². The van der Waals surface area contributed by atoms with Gasteiger partial charge in [-0.1, -0.05) is 30.3 Å². The van der Waals surface area contributed by atoms with Gasteiger partial charge in [0.05, 0.1) is 5.92 Å². The van der Waals surface area contributed by atoms with Crippen molar-refractivity contribution in [3.63, 3.8) is 0 Å². The zero-order chi connectivity index (χ0) is 12.8. The van der Waals surface area contributed by atoms with Crippen molar-refractivity contribution >= 4 is 5.91 Å². The summed E-state index contributed by atoms with van der Waals surface area (Å²) in [5.74, 6) is 0.173. The van der Waals surface area contributed by atoms with Crippen molar-refractivity contribution in [2.24, 2.45) is 11.7 Å². The second kappa shape index (κ2) is 6.55. The number of piperidine rings is 1. The highest BCUT2D eigenvalue weighted by Gasteiger charge is 2.24. The number of likely N-dealkylation sites (tertiary alicyclic amines) is 1. The number of hydrogen-bond acceptors (Lipinski definition) is 2. The fourth-order valence-electron chi connectivity index (χ4n) is 2.54. The van der Waals surface area contributed by atoms with E-state index in [0.29, 0.717) is 6.54 Å². The first kappa shape index (κ1) is 13.1. The Hall–Kier alpha value is -1.35. The van der Waals surface area contributed by atoms with E-state index < -0.39 is 0 Å². The second-order valence-corrected chi connectivity index (χ2v) is 5.01. The van der Waals surface area contributed by atoms with E-state index in [0.717, 1.165) is 32.4 Å². The first-order valence-electron chi connectivity index (χ1n) is 6.84. The number of nitrogens with zero attached hydrogens (tertiary/aromatic N) is 1. The van der Waals surface area contributed by atoms with E-state index in [1.54, 1.807) is 0 Å². The molecule has 1 aromatic carbocycles. The summed E-state index contributed by atoms with van der Waals surface area (Å²) in [6.45, 7) is 2.25. The van der Waals surface area contributed by atoms with Gasteiger partial charge >= 0.3 is 0 Å². The summed E-state index contributed by atoms with van der Waals surface area (Å²) in [5, 5.41) is 0. The Labute approximate surface area is 109 Å². The predicted molar refractivity (Wildman–Crippen MR) is 73.1 cm³/mol. The van der Waals surface area contributed by atoms with Crippen molar-refractivity contribution in [2.45, 2.75) is 25.7 Å². The van der Waals surface area contributed by atoms with Gasteiger partial charge in [-0.25, -0.2) is 0 Å². The summed E-state index contributed by atoms with van der Waals surface area (Å²) in [6, 6.07) is 10.1. The summed E-state index contributed by atoms with van der Waals surface area (Å²) in [6.07, 6.45) is 4.27. The second-order valence-electron chi connectivity index (χ2n) is 5.01. The van der Waals surface area contributed by atoms with Crippen molar-refractivity contribution < 1.29 is 4.79 Å². The van der Waals surface area contributed by atoms with Crippen molar-refractivity contribution in [2.75, 3.05) is 19.6 Å². The van der Waals surface area contributed by atoms with Crippen LogP contribution in [0.15, 0.2) is 30.3 Å². The van der Waals surface area contributed by atoms with E-state index in [2.05, 4.69) is 12.1 Å². The molecule has 0 aromatic heterocycles. The Bertz CT molecular complexity index is 371. The lowest BCUT2D eigenvalue weighted by Crippen LogP contribution is -2.42. The standard InChI is InChI=1S/C15H22N2O/c16-12-14(11-13-7-3-1-4-8-13)15(18)17-9-5-2-6-10-17/h1,3-4,7-8,14H,2,5-6,9-12,16H2. The maximum absolute atomic E-state index is 12.4. The zero-order valence-electron chi connectivity index (χ0n) is 10.8. The van der Waals surface area contributed by atoms with Crippen LogP contribution in [0, 0.1) is 5.92 Å². The number of benzene rings is 1. The quantitative estimate of drug-likeness (QED) is 0.881. The first-order chi connectivity index (χ1) is 8.81. The Morgan fingerprint density at radius 1 is 1.17 bits per heavy atom. The van der Waals surface area contributed by atoms with Gasteiger partial charge in [-0.05, 0) is 31.2 Å². The van der Waals surface area contributed by atoms with Crippen LogP contribution in [0.5, 0.6) is 0 Å². The third-order valence-electron chi connectivity index (χ3n) is 3.63. The molecule has 3 nitrogen and oxygen atoms in total. The Morgan fingerprint density at radius 3 is 2.44 bits per heavy atom. The molecular weight excluding hydrogens is 224 g/mol. The number of nitrogens with two attached hydrogens (primary N) is 1. The SMILES string of the molecule is NCC(Cc1ccccc1)C(=O)N1CCCCC1. The fourth-order valence-corrected chi connectivity index (χ4v) is 2.54. The average molecular weight is 246 g/mol. The minimum absolute atomic E-state index is 0.0644. The summed E-state index contributed by atoms with van der Waals surface area (Å²) in [5.41, 5.74) is 6.97. The average Bonchev–Trinajstić information content (AvgIpc) is 2.46. The third-order valence-corrected chi connectivity index (χ3v) is 3.63. The number of rotatable bonds is 4. The number of carbonyl (C=O) groups is 1. The van der Waals surface area contributed by atoms with E-state index in [9.17, 15) is 4.79 Å². The number of amides is 1. The minimum Gasteiger partial charge on any atom is -0.342 e. The van der Waals surface area contributed by atoms with Crippen LogP contribution in [0.25, 0.3) is 0 Å². The smallest absolute Gasteiger partial charge is 0.227 e. The monoisotopic (exact) mass is 246 g/mol. The summed E-state index contributed by atoms with van der Waals surface area (Å²) in [4.78, 5) is 14.4. The van der Waals surface area contributed by atoms with Gasteiger partial charge in [-0.3, -0.25) is 4.79 Å². The Morgan fingerprint density at radius 2 is 1.83 bits per heavy atom. The molecule has 2 rings (SSSR count). The van der Waals surface area contributed by atoms with Crippen LogP contribution < -0.4 is 5.73 Å². The fraction of sp³-hybridized carbons (Fsp3) is 0.533. The van der Waals surface area contributed by atoms with Crippen LogP contribution in [-0.2, 0) is 11.2 Å². The topological polar surface area (TPSA) is 46.3 Å². The molecule has 3 heteroatoms. The highest BCUT2D eigenvalue weighted by Crippen LogP contribution is 2.15. The summed E-state index contributed by atoms with van der Waals surface area (Å²) in [7, 11) is 0. The van der Waals surface area contributed by atoms with E-state index in [1.807, 2.05) is 23.1 Å². The molecule has 0 aliphatic carbocycles. The molecule has 98 valence electrons. The van der Waals surface area contributed by atoms with E-state index >= 15 is 0 Å². The molecule has 1 aromatic rings. The molecule has 0 radical (unpaired) electrons. The van der Waals surface area contributed by atoms with Crippen LogP contribution >= 0.6 is 0 Å². The van der Waals surface area contributed by atoms with Gasteiger partial charge in [0.25, 0.3) is 0 Å². The van der Waals surface area contributed by atoms with Crippen LogP contribution in [0.2, 0.25) is 0 Å². The lowest BCUT2D eigenvalue weighted by atomic mass is 9.97.